The Balaban J connectivity index is 2.00. The molecule has 0 radical (unpaired) electrons. The molecule has 0 N–H and O–H groups in total. The first-order chi connectivity index (χ1) is 9.40. The molecule has 2 aromatic rings. The van der Waals surface area contributed by atoms with Crippen molar-refractivity contribution >= 4 is 22.9 Å². The summed E-state index contributed by atoms with van der Waals surface area (Å²) >= 11 is 2.05. The van der Waals surface area contributed by atoms with Crippen LogP contribution in [0.5, 0.6) is 0 Å². The number of thioether (sulfide) groups is 1. The van der Waals surface area contributed by atoms with Crippen molar-refractivity contribution in [3.05, 3.63) is 24.2 Å². The fourth-order valence-electron chi connectivity index (χ4n) is 2.65. The molecule has 0 aromatic carbocycles. The van der Waals surface area contributed by atoms with Crippen LogP contribution in [-0.2, 0) is 11.3 Å². The van der Waals surface area contributed by atoms with Crippen LogP contribution in [0.1, 0.15) is 24.6 Å². The third kappa shape index (κ3) is 2.62. The minimum absolute atomic E-state index is 0.576. The van der Waals surface area contributed by atoms with E-state index >= 15 is 0 Å². The lowest BCUT2D eigenvalue weighted by atomic mass is 10.0. The van der Waals surface area contributed by atoms with Gasteiger partial charge in [-0.25, -0.2) is 9.97 Å². The van der Waals surface area contributed by atoms with Crippen LogP contribution in [0.3, 0.4) is 0 Å². The number of hydrogen-bond donors (Lipinski definition) is 0. The molecule has 0 unspecified atom stereocenters. The molecule has 1 saturated heterocycles. The maximum absolute atomic E-state index is 5.23. The molecule has 2 aromatic heterocycles. The van der Waals surface area contributed by atoms with Crippen LogP contribution in [0.25, 0.3) is 11.2 Å². The molecule has 0 bridgehead atoms. The molecule has 4 nitrogen and oxygen atoms in total. The average molecular weight is 277 g/mol. The Kier molecular flexibility index (Phi) is 4.03. The Morgan fingerprint density at radius 1 is 1.42 bits per heavy atom. The van der Waals surface area contributed by atoms with Crippen molar-refractivity contribution in [1.82, 2.24) is 14.5 Å². The summed E-state index contributed by atoms with van der Waals surface area (Å²) in [6.07, 6.45) is 4.29. The Labute approximate surface area is 117 Å². The first-order valence-electron chi connectivity index (χ1n) is 6.78. The van der Waals surface area contributed by atoms with E-state index in [9.17, 15) is 0 Å². The minimum Gasteiger partial charge on any atom is -0.383 e. The number of ether oxygens (including phenoxy) is 1. The second kappa shape index (κ2) is 5.92. The first kappa shape index (κ1) is 12.9. The Hall–Kier alpha value is -1.07. The van der Waals surface area contributed by atoms with Crippen LogP contribution in [0.15, 0.2) is 18.3 Å². The topological polar surface area (TPSA) is 39.9 Å². The number of nitrogens with zero attached hydrogens (tertiary/aromatic N) is 3. The summed E-state index contributed by atoms with van der Waals surface area (Å²) in [5, 5.41) is 0. The largest absolute Gasteiger partial charge is 0.383 e. The van der Waals surface area contributed by atoms with Gasteiger partial charge in [-0.3, -0.25) is 0 Å². The van der Waals surface area contributed by atoms with Crippen molar-refractivity contribution < 1.29 is 4.74 Å². The molecule has 1 fully saturated rings. The van der Waals surface area contributed by atoms with Gasteiger partial charge in [-0.05, 0) is 36.5 Å². The highest BCUT2D eigenvalue weighted by atomic mass is 32.2. The maximum Gasteiger partial charge on any atom is 0.160 e. The summed E-state index contributed by atoms with van der Waals surface area (Å²) < 4.78 is 7.48. The van der Waals surface area contributed by atoms with E-state index in [2.05, 4.69) is 9.55 Å². The molecular formula is C14H19N3OS. The molecule has 3 rings (SSSR count). The Bertz CT molecular complexity index is 549. The van der Waals surface area contributed by atoms with Gasteiger partial charge in [0.15, 0.2) is 5.65 Å². The number of imidazole rings is 1. The summed E-state index contributed by atoms with van der Waals surface area (Å²) in [7, 11) is 1.74. The second-order valence-corrected chi connectivity index (χ2v) is 6.07. The monoisotopic (exact) mass is 277 g/mol. The smallest absolute Gasteiger partial charge is 0.160 e. The van der Waals surface area contributed by atoms with Gasteiger partial charge in [-0.1, -0.05) is 0 Å². The zero-order valence-electron chi connectivity index (χ0n) is 11.2. The molecule has 0 spiro atoms. The van der Waals surface area contributed by atoms with Crippen LogP contribution >= 0.6 is 11.8 Å². The molecule has 102 valence electrons. The molecule has 1 aliphatic heterocycles. The van der Waals surface area contributed by atoms with Crippen LogP contribution in [0.2, 0.25) is 0 Å². The molecular weight excluding hydrogens is 258 g/mol. The molecule has 0 amide bonds. The van der Waals surface area contributed by atoms with E-state index in [0.717, 1.165) is 17.7 Å². The second-order valence-electron chi connectivity index (χ2n) is 4.85. The van der Waals surface area contributed by atoms with Crippen molar-refractivity contribution in [2.45, 2.75) is 25.3 Å². The lowest BCUT2D eigenvalue weighted by Crippen LogP contribution is -2.16. The number of hydrogen-bond acceptors (Lipinski definition) is 4. The number of fused-ring (bicyclic) bond motifs is 1. The van der Waals surface area contributed by atoms with E-state index < -0.39 is 0 Å². The van der Waals surface area contributed by atoms with E-state index in [1.54, 1.807) is 7.11 Å². The van der Waals surface area contributed by atoms with Gasteiger partial charge in [0.25, 0.3) is 0 Å². The molecule has 0 aliphatic carbocycles. The number of methoxy groups -OCH3 is 1. The molecule has 0 saturated carbocycles. The van der Waals surface area contributed by atoms with Crippen LogP contribution in [0, 0.1) is 0 Å². The normalized spacial score (nSPS) is 17.1. The molecule has 1 aliphatic rings. The molecule has 5 heteroatoms. The van der Waals surface area contributed by atoms with E-state index in [1.807, 2.05) is 30.1 Å². The number of aromatic nitrogens is 3. The summed E-state index contributed by atoms with van der Waals surface area (Å²) in [5.41, 5.74) is 2.00. The van der Waals surface area contributed by atoms with Crippen LogP contribution in [-0.4, -0.2) is 39.8 Å². The third-order valence-electron chi connectivity index (χ3n) is 3.64. The number of rotatable bonds is 4. The summed E-state index contributed by atoms with van der Waals surface area (Å²) in [6, 6.07) is 4.00. The minimum atomic E-state index is 0.576. The highest BCUT2D eigenvalue weighted by Gasteiger charge is 2.22. The third-order valence-corrected chi connectivity index (χ3v) is 4.69. The van der Waals surface area contributed by atoms with Gasteiger partial charge in [-0.15, -0.1) is 0 Å². The summed E-state index contributed by atoms with van der Waals surface area (Å²) in [4.78, 5) is 9.31. The SMILES string of the molecule is COCCn1c(C2CCSCC2)nc2cccnc21. The van der Waals surface area contributed by atoms with Crippen molar-refractivity contribution in [1.29, 1.82) is 0 Å². The van der Waals surface area contributed by atoms with E-state index in [-0.39, 0.29) is 0 Å². The molecule has 3 heterocycles. The zero-order chi connectivity index (χ0) is 13.1. The van der Waals surface area contributed by atoms with Gasteiger partial charge in [0, 0.05) is 25.8 Å². The fraction of sp³-hybridized carbons (Fsp3) is 0.571. The number of pyridine rings is 1. The first-order valence-corrected chi connectivity index (χ1v) is 7.93. The van der Waals surface area contributed by atoms with E-state index in [4.69, 9.17) is 9.72 Å². The van der Waals surface area contributed by atoms with Gasteiger partial charge < -0.3 is 9.30 Å². The predicted octanol–water partition coefficient (Wildman–Crippen LogP) is 2.69. The van der Waals surface area contributed by atoms with E-state index in [0.29, 0.717) is 12.5 Å². The Morgan fingerprint density at radius 2 is 2.26 bits per heavy atom. The van der Waals surface area contributed by atoms with Crippen molar-refractivity contribution in [2.75, 3.05) is 25.2 Å². The summed E-state index contributed by atoms with van der Waals surface area (Å²) in [6.45, 7) is 1.54. The maximum atomic E-state index is 5.23. The van der Waals surface area contributed by atoms with Gasteiger partial charge in [-0.2, -0.15) is 11.8 Å². The van der Waals surface area contributed by atoms with Crippen molar-refractivity contribution in [2.24, 2.45) is 0 Å². The molecule has 0 atom stereocenters. The van der Waals surface area contributed by atoms with E-state index in [1.165, 1.54) is 30.2 Å². The zero-order valence-corrected chi connectivity index (χ0v) is 12.0. The molecule has 19 heavy (non-hydrogen) atoms. The van der Waals surface area contributed by atoms with Crippen molar-refractivity contribution in [3.8, 4) is 0 Å². The predicted molar refractivity (Wildman–Crippen MR) is 78.7 cm³/mol. The van der Waals surface area contributed by atoms with Gasteiger partial charge in [0.05, 0.1) is 6.61 Å². The lowest BCUT2D eigenvalue weighted by Gasteiger charge is -2.21. The highest BCUT2D eigenvalue weighted by molar-refractivity contribution is 7.99. The highest BCUT2D eigenvalue weighted by Crippen LogP contribution is 2.32. The van der Waals surface area contributed by atoms with Gasteiger partial charge in [0.2, 0.25) is 0 Å². The quantitative estimate of drug-likeness (QED) is 0.861. The Morgan fingerprint density at radius 3 is 3.05 bits per heavy atom. The van der Waals surface area contributed by atoms with Crippen molar-refractivity contribution in [3.63, 3.8) is 0 Å². The fourth-order valence-corrected chi connectivity index (χ4v) is 3.75. The summed E-state index contributed by atoms with van der Waals surface area (Å²) in [5.74, 6) is 4.26. The van der Waals surface area contributed by atoms with Gasteiger partial charge >= 0.3 is 0 Å². The van der Waals surface area contributed by atoms with Crippen LogP contribution in [0.4, 0.5) is 0 Å². The van der Waals surface area contributed by atoms with Gasteiger partial charge in [0.1, 0.15) is 11.3 Å². The standard InChI is InChI=1S/C14H19N3OS/c1-18-8-7-17-13(11-4-9-19-10-5-11)16-12-3-2-6-15-14(12)17/h2-3,6,11H,4-5,7-10H2,1H3. The average Bonchev–Trinajstić information content (AvgIpc) is 2.85. The van der Waals surface area contributed by atoms with Crippen LogP contribution < -0.4 is 0 Å². The lowest BCUT2D eigenvalue weighted by molar-refractivity contribution is 0.186.